The Morgan fingerprint density at radius 1 is 1.21 bits per heavy atom. The molecule has 2 aromatic carbocycles. The van der Waals surface area contributed by atoms with E-state index in [1.807, 2.05) is 6.07 Å². The van der Waals surface area contributed by atoms with Crippen molar-refractivity contribution in [2.45, 2.75) is 12.5 Å². The zero-order valence-corrected chi connectivity index (χ0v) is 14.9. The number of amides is 1. The molecular formula is C20H15FN4O4. The van der Waals surface area contributed by atoms with E-state index >= 15 is 0 Å². The summed E-state index contributed by atoms with van der Waals surface area (Å²) in [5.41, 5.74) is 0.790. The van der Waals surface area contributed by atoms with Gasteiger partial charge in [0.05, 0.1) is 29.8 Å². The Balaban J connectivity index is 1.87. The van der Waals surface area contributed by atoms with Crippen molar-refractivity contribution >= 4 is 11.9 Å². The van der Waals surface area contributed by atoms with Crippen LogP contribution in [-0.2, 0) is 4.79 Å². The van der Waals surface area contributed by atoms with Crippen LogP contribution in [0.3, 0.4) is 0 Å². The van der Waals surface area contributed by atoms with Gasteiger partial charge in [-0.1, -0.05) is 18.2 Å². The molecule has 3 rings (SSSR count). The molecule has 0 saturated heterocycles. The van der Waals surface area contributed by atoms with Gasteiger partial charge >= 0.3 is 5.97 Å². The van der Waals surface area contributed by atoms with Gasteiger partial charge in [-0.05, 0) is 35.9 Å². The first-order chi connectivity index (χ1) is 13.9. The Labute approximate surface area is 164 Å². The van der Waals surface area contributed by atoms with Crippen LogP contribution in [0.5, 0.6) is 5.88 Å². The summed E-state index contributed by atoms with van der Waals surface area (Å²) < 4.78 is 14.4. The average Bonchev–Trinajstić information content (AvgIpc) is 3.09. The highest BCUT2D eigenvalue weighted by atomic mass is 19.1. The van der Waals surface area contributed by atoms with Gasteiger partial charge in [0.1, 0.15) is 5.82 Å². The predicted molar refractivity (Wildman–Crippen MR) is 98.8 cm³/mol. The Morgan fingerprint density at radius 3 is 2.66 bits per heavy atom. The maximum atomic E-state index is 13.4. The fraction of sp³-hybridized carbons (Fsp3) is 0.100. The summed E-state index contributed by atoms with van der Waals surface area (Å²) in [5, 5.41) is 34.8. The van der Waals surface area contributed by atoms with Crippen LogP contribution in [0.1, 0.15) is 34.1 Å². The van der Waals surface area contributed by atoms with Gasteiger partial charge < -0.3 is 15.5 Å². The van der Waals surface area contributed by atoms with E-state index in [9.17, 15) is 19.1 Å². The SMILES string of the molecule is N#Cc1cccc([C@H](CC(=O)O)NC(=O)c2cc(O)n(-c3cccc(F)c3)n2)c1. The lowest BCUT2D eigenvalue weighted by atomic mass is 10.0. The van der Waals surface area contributed by atoms with Crippen molar-refractivity contribution in [2.24, 2.45) is 0 Å². The van der Waals surface area contributed by atoms with E-state index < -0.39 is 30.2 Å². The molecule has 0 saturated carbocycles. The molecule has 0 aliphatic rings. The zero-order valence-electron chi connectivity index (χ0n) is 14.9. The lowest BCUT2D eigenvalue weighted by molar-refractivity contribution is -0.137. The molecule has 0 aliphatic carbocycles. The Morgan fingerprint density at radius 2 is 1.97 bits per heavy atom. The number of aromatic nitrogens is 2. The predicted octanol–water partition coefficient (Wildman–Crippen LogP) is 2.53. The third-order valence-corrected chi connectivity index (χ3v) is 4.08. The van der Waals surface area contributed by atoms with E-state index in [0.717, 1.165) is 16.8 Å². The smallest absolute Gasteiger partial charge is 0.305 e. The van der Waals surface area contributed by atoms with Crippen molar-refractivity contribution < 1.29 is 24.2 Å². The molecule has 0 fully saturated rings. The van der Waals surface area contributed by atoms with E-state index in [2.05, 4.69) is 10.4 Å². The van der Waals surface area contributed by atoms with Gasteiger partial charge in [0.25, 0.3) is 5.91 Å². The molecule has 29 heavy (non-hydrogen) atoms. The van der Waals surface area contributed by atoms with E-state index in [0.29, 0.717) is 11.1 Å². The van der Waals surface area contributed by atoms with Crippen molar-refractivity contribution in [1.82, 2.24) is 15.1 Å². The number of nitrogens with one attached hydrogen (secondary N) is 1. The van der Waals surface area contributed by atoms with Gasteiger partial charge in [-0.25, -0.2) is 9.07 Å². The third kappa shape index (κ3) is 4.56. The molecule has 1 atom stereocenters. The van der Waals surface area contributed by atoms with Crippen LogP contribution in [0.15, 0.2) is 54.6 Å². The van der Waals surface area contributed by atoms with Crippen molar-refractivity contribution in [2.75, 3.05) is 0 Å². The molecule has 0 aliphatic heterocycles. The van der Waals surface area contributed by atoms with Crippen molar-refractivity contribution in [3.63, 3.8) is 0 Å². The van der Waals surface area contributed by atoms with Crippen molar-refractivity contribution in [1.29, 1.82) is 5.26 Å². The number of aromatic hydroxyl groups is 1. The summed E-state index contributed by atoms with van der Waals surface area (Å²) in [6.07, 6.45) is -0.419. The minimum atomic E-state index is -1.15. The Hall–Kier alpha value is -4.19. The second kappa shape index (κ2) is 8.22. The molecule has 0 bridgehead atoms. The first kappa shape index (κ1) is 19.6. The number of aliphatic carboxylic acids is 1. The fourth-order valence-electron chi connectivity index (χ4n) is 2.76. The number of carboxylic acid groups (broad SMARTS) is 1. The molecule has 146 valence electrons. The highest BCUT2D eigenvalue weighted by Crippen LogP contribution is 2.22. The molecule has 9 heteroatoms. The van der Waals surface area contributed by atoms with Crippen molar-refractivity contribution in [3.05, 3.63) is 77.2 Å². The zero-order chi connectivity index (χ0) is 21.0. The quantitative estimate of drug-likeness (QED) is 0.589. The van der Waals surface area contributed by atoms with E-state index in [4.69, 9.17) is 10.4 Å². The number of nitriles is 1. The number of halogens is 1. The van der Waals surface area contributed by atoms with E-state index in [1.165, 1.54) is 24.3 Å². The van der Waals surface area contributed by atoms with Crippen LogP contribution >= 0.6 is 0 Å². The number of hydrogen-bond acceptors (Lipinski definition) is 5. The molecular weight excluding hydrogens is 379 g/mol. The molecule has 8 nitrogen and oxygen atoms in total. The van der Waals surface area contributed by atoms with Gasteiger partial charge in [0.2, 0.25) is 5.88 Å². The van der Waals surface area contributed by atoms with Gasteiger partial charge in [-0.3, -0.25) is 9.59 Å². The van der Waals surface area contributed by atoms with Gasteiger partial charge in [0.15, 0.2) is 5.69 Å². The lowest BCUT2D eigenvalue weighted by Crippen LogP contribution is -2.30. The molecule has 1 aromatic heterocycles. The summed E-state index contributed by atoms with van der Waals surface area (Å²) in [6, 6.07) is 13.6. The number of carbonyl (C=O) groups excluding carboxylic acids is 1. The Bertz CT molecular complexity index is 1120. The third-order valence-electron chi connectivity index (χ3n) is 4.08. The largest absolute Gasteiger partial charge is 0.493 e. The van der Waals surface area contributed by atoms with Crippen LogP contribution in [0.4, 0.5) is 4.39 Å². The number of hydrogen-bond donors (Lipinski definition) is 3. The average molecular weight is 394 g/mol. The standard InChI is InChI=1S/C20H15FN4O4/c21-14-5-2-6-15(8-14)25-18(26)9-17(24-25)20(29)23-16(10-19(27)28)13-4-1-3-12(7-13)11-22/h1-9,16,26H,10H2,(H,23,29)(H,27,28)/t16-/m0/s1. The number of carboxylic acids is 1. The van der Waals surface area contributed by atoms with Crippen LogP contribution in [-0.4, -0.2) is 31.9 Å². The molecule has 1 amide bonds. The molecule has 0 radical (unpaired) electrons. The number of rotatable bonds is 6. The fourth-order valence-corrected chi connectivity index (χ4v) is 2.76. The molecule has 0 unspecified atom stereocenters. The van der Waals surface area contributed by atoms with Crippen LogP contribution < -0.4 is 5.32 Å². The summed E-state index contributed by atoms with van der Waals surface area (Å²) >= 11 is 0. The van der Waals surface area contributed by atoms with Gasteiger partial charge in [-0.2, -0.15) is 10.4 Å². The Kier molecular flexibility index (Phi) is 5.55. The minimum Gasteiger partial charge on any atom is -0.493 e. The maximum absolute atomic E-state index is 13.4. The van der Waals surface area contributed by atoms with Crippen LogP contribution in [0.25, 0.3) is 5.69 Å². The lowest BCUT2D eigenvalue weighted by Gasteiger charge is -2.17. The second-order valence-corrected chi connectivity index (χ2v) is 6.14. The molecule has 0 spiro atoms. The monoisotopic (exact) mass is 394 g/mol. The summed E-state index contributed by atoms with van der Waals surface area (Å²) in [5.74, 6) is -2.81. The highest BCUT2D eigenvalue weighted by molar-refractivity contribution is 5.93. The molecule has 3 aromatic rings. The first-order valence-corrected chi connectivity index (χ1v) is 8.45. The number of nitrogens with zero attached hydrogens (tertiary/aromatic N) is 3. The minimum absolute atomic E-state index is 0.182. The highest BCUT2D eigenvalue weighted by Gasteiger charge is 2.22. The van der Waals surface area contributed by atoms with Crippen LogP contribution in [0, 0.1) is 17.1 Å². The van der Waals surface area contributed by atoms with E-state index in [1.54, 1.807) is 18.2 Å². The summed E-state index contributed by atoms with van der Waals surface area (Å²) in [6.45, 7) is 0. The number of benzene rings is 2. The topological polar surface area (TPSA) is 128 Å². The van der Waals surface area contributed by atoms with Crippen LogP contribution in [0.2, 0.25) is 0 Å². The van der Waals surface area contributed by atoms with E-state index in [-0.39, 0.29) is 17.3 Å². The number of carbonyl (C=O) groups is 2. The first-order valence-electron chi connectivity index (χ1n) is 8.45. The van der Waals surface area contributed by atoms with Gasteiger partial charge in [0, 0.05) is 6.07 Å². The van der Waals surface area contributed by atoms with Gasteiger partial charge in [-0.15, -0.1) is 0 Å². The van der Waals surface area contributed by atoms with Crippen molar-refractivity contribution in [3.8, 4) is 17.6 Å². The summed E-state index contributed by atoms with van der Waals surface area (Å²) in [4.78, 5) is 23.8. The maximum Gasteiger partial charge on any atom is 0.305 e. The second-order valence-electron chi connectivity index (χ2n) is 6.14. The molecule has 1 heterocycles. The normalized spacial score (nSPS) is 11.4. The summed E-state index contributed by atoms with van der Waals surface area (Å²) in [7, 11) is 0. The molecule has 3 N–H and O–H groups in total.